The lowest BCUT2D eigenvalue weighted by Gasteiger charge is -2.10. The average molecular weight is 375 g/mol. The second-order valence-corrected chi connectivity index (χ2v) is 4.47. The molecule has 0 radical (unpaired) electrons. The predicted octanol–water partition coefficient (Wildman–Crippen LogP) is 3.04. The van der Waals surface area contributed by atoms with Crippen LogP contribution in [0.5, 0.6) is 0 Å². The Balaban J connectivity index is 0.00000324. The Morgan fingerprint density at radius 2 is 1.74 bits per heavy atom. The van der Waals surface area contributed by atoms with E-state index in [1.165, 1.54) is 16.7 Å². The van der Waals surface area contributed by atoms with Gasteiger partial charge in [0.1, 0.15) is 0 Å². The number of aliphatic imine (C=N–C) groups is 1. The molecule has 108 valence electrons. The van der Waals surface area contributed by atoms with Crippen LogP contribution in [0.1, 0.15) is 30.5 Å². The molecule has 2 N–H and O–H groups in total. The molecule has 0 aliphatic carbocycles. The van der Waals surface area contributed by atoms with E-state index < -0.39 is 0 Å². The van der Waals surface area contributed by atoms with E-state index >= 15 is 0 Å². The van der Waals surface area contributed by atoms with Crippen molar-refractivity contribution >= 4 is 29.9 Å². The molecule has 0 heterocycles. The Bertz CT molecular complexity index is 394. The van der Waals surface area contributed by atoms with Crippen molar-refractivity contribution in [3.8, 4) is 0 Å². The molecule has 0 amide bonds. The van der Waals surface area contributed by atoms with Crippen LogP contribution >= 0.6 is 24.0 Å². The van der Waals surface area contributed by atoms with E-state index in [0.29, 0.717) is 0 Å². The molecule has 1 aromatic rings. The van der Waals surface area contributed by atoms with Gasteiger partial charge in [-0.15, -0.1) is 24.0 Å². The van der Waals surface area contributed by atoms with Crippen LogP contribution in [-0.2, 0) is 6.42 Å². The molecule has 0 saturated carbocycles. The topological polar surface area (TPSA) is 36.4 Å². The minimum atomic E-state index is 0. The van der Waals surface area contributed by atoms with Crippen LogP contribution < -0.4 is 10.6 Å². The molecular weight excluding hydrogens is 349 g/mol. The van der Waals surface area contributed by atoms with E-state index in [9.17, 15) is 0 Å². The molecule has 0 aliphatic rings. The van der Waals surface area contributed by atoms with Gasteiger partial charge in [-0.05, 0) is 45.2 Å². The van der Waals surface area contributed by atoms with E-state index in [1.807, 2.05) is 0 Å². The molecule has 3 nitrogen and oxygen atoms in total. The molecule has 1 aromatic carbocycles. The van der Waals surface area contributed by atoms with Crippen LogP contribution in [0, 0.1) is 13.8 Å². The van der Waals surface area contributed by atoms with Gasteiger partial charge in [-0.25, -0.2) is 0 Å². The molecule has 4 heteroatoms. The third-order valence-corrected chi connectivity index (χ3v) is 2.84. The van der Waals surface area contributed by atoms with Gasteiger partial charge in [0.25, 0.3) is 0 Å². The van der Waals surface area contributed by atoms with Crippen molar-refractivity contribution in [3.63, 3.8) is 0 Å². The maximum atomic E-state index is 4.56. The molecule has 0 atom stereocenters. The molecule has 0 bridgehead atoms. The third kappa shape index (κ3) is 6.80. The van der Waals surface area contributed by atoms with E-state index in [-0.39, 0.29) is 24.0 Å². The van der Waals surface area contributed by atoms with E-state index in [1.54, 1.807) is 0 Å². The summed E-state index contributed by atoms with van der Waals surface area (Å²) >= 11 is 0. The molecule has 0 aromatic heterocycles. The average Bonchev–Trinajstić information content (AvgIpc) is 2.32. The maximum absolute atomic E-state index is 4.56. The van der Waals surface area contributed by atoms with Crippen LogP contribution in [0.2, 0.25) is 0 Å². The number of rotatable bonds is 5. The standard InChI is InChI=1S/C15H25N3.HI/c1-5-16-15(17-6-2)18-10-9-14-8-7-12(3)11-13(14)4;/h7-8,11H,5-6,9-10H2,1-4H3,(H2,16,17,18);1H. The number of nitrogens with zero attached hydrogens (tertiary/aromatic N) is 1. The number of nitrogens with one attached hydrogen (secondary N) is 2. The highest BCUT2D eigenvalue weighted by Crippen LogP contribution is 2.11. The van der Waals surface area contributed by atoms with E-state index in [0.717, 1.165) is 32.0 Å². The van der Waals surface area contributed by atoms with Gasteiger partial charge >= 0.3 is 0 Å². The smallest absolute Gasteiger partial charge is 0.191 e. The predicted molar refractivity (Wildman–Crippen MR) is 94.7 cm³/mol. The highest BCUT2D eigenvalue weighted by molar-refractivity contribution is 14.0. The quantitative estimate of drug-likeness (QED) is 0.472. The molecule has 19 heavy (non-hydrogen) atoms. The zero-order valence-electron chi connectivity index (χ0n) is 12.4. The first-order chi connectivity index (χ1) is 8.67. The van der Waals surface area contributed by atoms with Crippen LogP contribution in [0.3, 0.4) is 0 Å². The highest BCUT2D eigenvalue weighted by Gasteiger charge is 1.99. The summed E-state index contributed by atoms with van der Waals surface area (Å²) in [5, 5.41) is 6.46. The van der Waals surface area contributed by atoms with Crippen molar-refractivity contribution < 1.29 is 0 Å². The lowest BCUT2D eigenvalue weighted by molar-refractivity contribution is 0.832. The van der Waals surface area contributed by atoms with Gasteiger partial charge in [0.05, 0.1) is 0 Å². The Hall–Kier alpha value is -0.780. The number of benzene rings is 1. The van der Waals surface area contributed by atoms with Crippen molar-refractivity contribution in [2.45, 2.75) is 34.1 Å². The van der Waals surface area contributed by atoms with E-state index in [2.05, 4.69) is 61.5 Å². The number of guanidine groups is 1. The number of aryl methyl sites for hydroxylation is 2. The molecule has 0 spiro atoms. The second kappa shape index (κ2) is 10.1. The van der Waals surface area contributed by atoms with Gasteiger partial charge in [0.15, 0.2) is 5.96 Å². The summed E-state index contributed by atoms with van der Waals surface area (Å²) in [6.07, 6.45) is 0.992. The largest absolute Gasteiger partial charge is 0.357 e. The highest BCUT2D eigenvalue weighted by atomic mass is 127. The molecular formula is C15H26IN3. The van der Waals surface area contributed by atoms with Crippen molar-refractivity contribution in [2.75, 3.05) is 19.6 Å². The van der Waals surface area contributed by atoms with E-state index in [4.69, 9.17) is 0 Å². The Morgan fingerprint density at radius 3 is 2.26 bits per heavy atom. The molecule has 0 aliphatic heterocycles. The lowest BCUT2D eigenvalue weighted by Crippen LogP contribution is -2.37. The van der Waals surface area contributed by atoms with Crippen molar-refractivity contribution in [1.82, 2.24) is 10.6 Å². The number of halogens is 1. The van der Waals surface area contributed by atoms with Gasteiger partial charge in [0, 0.05) is 19.6 Å². The third-order valence-electron chi connectivity index (χ3n) is 2.84. The van der Waals surface area contributed by atoms with Gasteiger partial charge in [-0.1, -0.05) is 23.8 Å². The van der Waals surface area contributed by atoms with Crippen LogP contribution in [-0.4, -0.2) is 25.6 Å². The van der Waals surface area contributed by atoms with Crippen molar-refractivity contribution in [2.24, 2.45) is 4.99 Å². The SMILES string of the molecule is CCNC(=NCCc1ccc(C)cc1C)NCC.I. The fourth-order valence-corrected chi connectivity index (χ4v) is 1.92. The zero-order valence-corrected chi connectivity index (χ0v) is 14.7. The minimum absolute atomic E-state index is 0. The molecule has 0 fully saturated rings. The summed E-state index contributed by atoms with van der Waals surface area (Å²) in [6, 6.07) is 6.61. The summed E-state index contributed by atoms with van der Waals surface area (Å²) in [5.41, 5.74) is 4.07. The summed E-state index contributed by atoms with van der Waals surface area (Å²) in [4.78, 5) is 4.56. The van der Waals surface area contributed by atoms with Crippen LogP contribution in [0.25, 0.3) is 0 Å². The minimum Gasteiger partial charge on any atom is -0.357 e. The lowest BCUT2D eigenvalue weighted by atomic mass is 10.0. The normalized spacial score (nSPS) is 9.47. The Morgan fingerprint density at radius 1 is 1.11 bits per heavy atom. The van der Waals surface area contributed by atoms with Gasteiger partial charge in [-0.2, -0.15) is 0 Å². The molecule has 0 saturated heterocycles. The molecule has 1 rings (SSSR count). The number of hydrogen-bond donors (Lipinski definition) is 2. The molecule has 0 unspecified atom stereocenters. The summed E-state index contributed by atoms with van der Waals surface area (Å²) in [7, 11) is 0. The van der Waals surface area contributed by atoms with Crippen molar-refractivity contribution in [1.29, 1.82) is 0 Å². The number of hydrogen-bond acceptors (Lipinski definition) is 1. The van der Waals surface area contributed by atoms with Crippen LogP contribution in [0.15, 0.2) is 23.2 Å². The second-order valence-electron chi connectivity index (χ2n) is 4.47. The van der Waals surface area contributed by atoms with Gasteiger partial charge in [0.2, 0.25) is 0 Å². The summed E-state index contributed by atoms with van der Waals surface area (Å²) < 4.78 is 0. The Kier molecular flexibility index (Phi) is 9.65. The summed E-state index contributed by atoms with van der Waals surface area (Å²) in [6.45, 7) is 11.1. The summed E-state index contributed by atoms with van der Waals surface area (Å²) in [5.74, 6) is 0.907. The first-order valence-electron chi connectivity index (χ1n) is 6.75. The zero-order chi connectivity index (χ0) is 13.4. The maximum Gasteiger partial charge on any atom is 0.191 e. The van der Waals surface area contributed by atoms with Crippen LogP contribution in [0.4, 0.5) is 0 Å². The first kappa shape index (κ1) is 18.2. The monoisotopic (exact) mass is 375 g/mol. The fourth-order valence-electron chi connectivity index (χ4n) is 1.92. The van der Waals surface area contributed by atoms with Gasteiger partial charge in [-0.3, -0.25) is 4.99 Å². The Labute approximate surface area is 134 Å². The van der Waals surface area contributed by atoms with Gasteiger partial charge < -0.3 is 10.6 Å². The van der Waals surface area contributed by atoms with Crippen molar-refractivity contribution in [3.05, 3.63) is 34.9 Å². The first-order valence-corrected chi connectivity index (χ1v) is 6.75. The fraction of sp³-hybridized carbons (Fsp3) is 0.533.